The van der Waals surface area contributed by atoms with Gasteiger partial charge in [0.1, 0.15) is 0 Å². The minimum atomic E-state index is -0.499. The predicted molar refractivity (Wildman–Crippen MR) is 88.0 cm³/mol. The van der Waals surface area contributed by atoms with E-state index in [0.29, 0.717) is 19.8 Å². The van der Waals surface area contributed by atoms with Crippen molar-refractivity contribution in [2.75, 3.05) is 13.2 Å². The van der Waals surface area contributed by atoms with Crippen molar-refractivity contribution in [2.45, 2.75) is 19.3 Å². The highest BCUT2D eigenvalue weighted by Gasteiger charge is 2.04. The third-order valence-electron chi connectivity index (χ3n) is 3.02. The largest absolute Gasteiger partial charge is 0.389 e. The summed E-state index contributed by atoms with van der Waals surface area (Å²) in [4.78, 5) is 0. The van der Waals surface area contributed by atoms with E-state index in [1.165, 1.54) is 5.56 Å². The molecule has 0 heterocycles. The molecule has 2 N–H and O–H groups in total. The molecule has 1 atom stereocenters. The summed E-state index contributed by atoms with van der Waals surface area (Å²) in [6.07, 6.45) is -0.499. The van der Waals surface area contributed by atoms with E-state index in [4.69, 9.17) is 4.74 Å². The minimum absolute atomic E-state index is 0.334. The molecule has 0 aliphatic rings. The number of aliphatic hydroxyl groups is 1. The lowest BCUT2D eigenvalue weighted by atomic mass is 10.2. The quantitative estimate of drug-likeness (QED) is 0.769. The predicted octanol–water partition coefficient (Wildman–Crippen LogP) is 3.12. The second kappa shape index (κ2) is 8.95. The van der Waals surface area contributed by atoms with Crippen molar-refractivity contribution in [3.05, 3.63) is 70.2 Å². The van der Waals surface area contributed by atoms with Crippen molar-refractivity contribution in [1.29, 1.82) is 0 Å². The van der Waals surface area contributed by atoms with Gasteiger partial charge >= 0.3 is 0 Å². The zero-order valence-electron chi connectivity index (χ0n) is 11.8. The Morgan fingerprint density at radius 2 is 1.81 bits per heavy atom. The van der Waals surface area contributed by atoms with Crippen molar-refractivity contribution in [2.24, 2.45) is 0 Å². The highest BCUT2D eigenvalue weighted by molar-refractivity contribution is 9.10. The Morgan fingerprint density at radius 3 is 2.57 bits per heavy atom. The summed E-state index contributed by atoms with van der Waals surface area (Å²) >= 11 is 3.44. The van der Waals surface area contributed by atoms with Crippen LogP contribution in [0.25, 0.3) is 0 Å². The van der Waals surface area contributed by atoms with Gasteiger partial charge in [-0.05, 0) is 23.3 Å². The monoisotopic (exact) mass is 349 g/mol. The van der Waals surface area contributed by atoms with Crippen molar-refractivity contribution >= 4 is 15.9 Å². The highest BCUT2D eigenvalue weighted by Crippen LogP contribution is 2.11. The van der Waals surface area contributed by atoms with E-state index < -0.39 is 6.10 Å². The first kappa shape index (κ1) is 16.2. The molecule has 2 aromatic carbocycles. The Kier molecular flexibility index (Phi) is 6.89. The molecule has 1 unspecified atom stereocenters. The van der Waals surface area contributed by atoms with E-state index in [1.54, 1.807) is 0 Å². The van der Waals surface area contributed by atoms with Crippen molar-refractivity contribution < 1.29 is 9.84 Å². The molecule has 3 nitrogen and oxygen atoms in total. The standard InChI is InChI=1S/C17H20BrNO2/c18-16-8-4-7-15(9-16)10-19-11-17(20)13-21-12-14-5-2-1-3-6-14/h1-9,17,19-20H,10-13H2. The lowest BCUT2D eigenvalue weighted by molar-refractivity contribution is 0.0287. The van der Waals surface area contributed by atoms with Gasteiger partial charge in [-0.3, -0.25) is 0 Å². The van der Waals surface area contributed by atoms with E-state index >= 15 is 0 Å². The van der Waals surface area contributed by atoms with E-state index in [-0.39, 0.29) is 0 Å². The Morgan fingerprint density at radius 1 is 1.05 bits per heavy atom. The molecule has 0 saturated carbocycles. The van der Waals surface area contributed by atoms with Gasteiger partial charge in [0.2, 0.25) is 0 Å². The topological polar surface area (TPSA) is 41.5 Å². The zero-order chi connectivity index (χ0) is 14.9. The molecule has 0 aliphatic heterocycles. The van der Waals surface area contributed by atoms with Gasteiger partial charge in [0.05, 0.1) is 19.3 Å². The van der Waals surface area contributed by atoms with Gasteiger partial charge in [-0.2, -0.15) is 0 Å². The van der Waals surface area contributed by atoms with Gasteiger partial charge in [-0.1, -0.05) is 58.4 Å². The first-order valence-electron chi connectivity index (χ1n) is 6.99. The van der Waals surface area contributed by atoms with Crippen LogP contribution in [0.3, 0.4) is 0 Å². The van der Waals surface area contributed by atoms with Crippen molar-refractivity contribution in [3.8, 4) is 0 Å². The lowest BCUT2D eigenvalue weighted by Crippen LogP contribution is -2.30. The fourth-order valence-corrected chi connectivity index (χ4v) is 2.42. The number of rotatable bonds is 8. The van der Waals surface area contributed by atoms with Crippen LogP contribution < -0.4 is 5.32 Å². The normalized spacial score (nSPS) is 12.3. The van der Waals surface area contributed by atoms with Crippen LogP contribution in [-0.2, 0) is 17.9 Å². The lowest BCUT2D eigenvalue weighted by Gasteiger charge is -2.12. The molecule has 0 aromatic heterocycles. The maximum Gasteiger partial charge on any atom is 0.0897 e. The molecule has 2 aromatic rings. The molecule has 0 radical (unpaired) electrons. The van der Waals surface area contributed by atoms with Gasteiger partial charge in [-0.25, -0.2) is 0 Å². The molecule has 0 bridgehead atoms. The summed E-state index contributed by atoms with van der Waals surface area (Å²) < 4.78 is 6.57. The molecule has 2 rings (SSSR count). The molecule has 4 heteroatoms. The van der Waals surface area contributed by atoms with Gasteiger partial charge < -0.3 is 15.2 Å². The van der Waals surface area contributed by atoms with Crippen molar-refractivity contribution in [1.82, 2.24) is 5.32 Å². The smallest absolute Gasteiger partial charge is 0.0897 e. The maximum absolute atomic E-state index is 9.86. The summed E-state index contributed by atoms with van der Waals surface area (Å²) in [7, 11) is 0. The number of hydrogen-bond donors (Lipinski definition) is 2. The number of hydrogen-bond acceptors (Lipinski definition) is 3. The van der Waals surface area contributed by atoms with Crippen LogP contribution in [0.4, 0.5) is 0 Å². The highest BCUT2D eigenvalue weighted by atomic mass is 79.9. The first-order chi connectivity index (χ1) is 10.2. The average molecular weight is 350 g/mol. The molecule has 0 aliphatic carbocycles. The van der Waals surface area contributed by atoms with E-state index in [1.807, 2.05) is 42.5 Å². The summed E-state index contributed by atoms with van der Waals surface area (Å²) in [6.45, 7) is 2.11. The van der Waals surface area contributed by atoms with Gasteiger partial charge in [0.15, 0.2) is 0 Å². The Bertz CT molecular complexity index is 533. The third-order valence-corrected chi connectivity index (χ3v) is 3.51. The SMILES string of the molecule is OC(CNCc1cccc(Br)c1)COCc1ccccc1. The molecule has 0 saturated heterocycles. The summed E-state index contributed by atoms with van der Waals surface area (Å²) in [5, 5.41) is 13.1. The van der Waals surface area contributed by atoms with E-state index in [0.717, 1.165) is 16.6 Å². The third kappa shape index (κ3) is 6.40. The van der Waals surface area contributed by atoms with Crippen LogP contribution in [0.5, 0.6) is 0 Å². The first-order valence-corrected chi connectivity index (χ1v) is 7.78. The fraction of sp³-hybridized carbons (Fsp3) is 0.294. The van der Waals surface area contributed by atoms with Crippen LogP contribution in [0.1, 0.15) is 11.1 Å². The molecule has 112 valence electrons. The number of ether oxygens (including phenoxy) is 1. The van der Waals surface area contributed by atoms with E-state index in [2.05, 4.69) is 33.4 Å². The van der Waals surface area contributed by atoms with Gasteiger partial charge in [0.25, 0.3) is 0 Å². The van der Waals surface area contributed by atoms with Crippen LogP contribution in [0, 0.1) is 0 Å². The van der Waals surface area contributed by atoms with Crippen LogP contribution in [0.15, 0.2) is 59.1 Å². The number of benzene rings is 2. The van der Waals surface area contributed by atoms with Gasteiger partial charge in [-0.15, -0.1) is 0 Å². The fourth-order valence-electron chi connectivity index (χ4n) is 1.98. The molecule has 0 fully saturated rings. The molecule has 0 spiro atoms. The summed E-state index contributed by atoms with van der Waals surface area (Å²) in [5.41, 5.74) is 2.30. The summed E-state index contributed by atoms with van der Waals surface area (Å²) in [6, 6.07) is 18.1. The van der Waals surface area contributed by atoms with Gasteiger partial charge in [0, 0.05) is 17.6 Å². The molecular weight excluding hydrogens is 330 g/mol. The van der Waals surface area contributed by atoms with Crippen LogP contribution >= 0.6 is 15.9 Å². The molecule has 0 amide bonds. The maximum atomic E-state index is 9.86. The zero-order valence-corrected chi connectivity index (χ0v) is 13.4. The number of aliphatic hydroxyl groups excluding tert-OH is 1. The minimum Gasteiger partial charge on any atom is -0.389 e. The van der Waals surface area contributed by atoms with Crippen LogP contribution in [-0.4, -0.2) is 24.4 Å². The second-order valence-electron chi connectivity index (χ2n) is 4.92. The Hall–Kier alpha value is -1.20. The Labute approximate surface area is 134 Å². The van der Waals surface area contributed by atoms with Crippen molar-refractivity contribution in [3.63, 3.8) is 0 Å². The summed E-state index contributed by atoms with van der Waals surface area (Å²) in [5.74, 6) is 0. The number of halogens is 1. The molecule has 21 heavy (non-hydrogen) atoms. The molecular formula is C17H20BrNO2. The van der Waals surface area contributed by atoms with E-state index in [9.17, 15) is 5.11 Å². The van der Waals surface area contributed by atoms with Crippen LogP contribution in [0.2, 0.25) is 0 Å². The number of nitrogens with one attached hydrogen (secondary N) is 1. The average Bonchev–Trinajstić information content (AvgIpc) is 2.48. The second-order valence-corrected chi connectivity index (χ2v) is 5.83. The Balaban J connectivity index is 1.60.